The SMILES string of the molecule is C=C(C)CNC(C)CCc1ccccc1. The van der Waals surface area contributed by atoms with Crippen LogP contribution in [0.25, 0.3) is 0 Å². The Morgan fingerprint density at radius 1 is 1.33 bits per heavy atom. The van der Waals surface area contributed by atoms with E-state index in [1.807, 2.05) is 0 Å². The highest BCUT2D eigenvalue weighted by Crippen LogP contribution is 2.04. The van der Waals surface area contributed by atoms with Gasteiger partial charge in [-0.15, -0.1) is 0 Å². The fourth-order valence-corrected chi connectivity index (χ4v) is 1.48. The van der Waals surface area contributed by atoms with Crippen molar-refractivity contribution in [3.63, 3.8) is 0 Å². The van der Waals surface area contributed by atoms with Crippen LogP contribution < -0.4 is 5.32 Å². The molecule has 0 aliphatic rings. The molecule has 0 heterocycles. The quantitative estimate of drug-likeness (QED) is 0.700. The Kier molecular flexibility index (Phi) is 5.13. The summed E-state index contributed by atoms with van der Waals surface area (Å²) in [6.45, 7) is 9.09. The number of aryl methyl sites for hydroxylation is 1. The molecule has 0 aliphatic carbocycles. The zero-order valence-corrected chi connectivity index (χ0v) is 9.79. The first kappa shape index (κ1) is 12.0. The van der Waals surface area contributed by atoms with Crippen LogP contribution in [0.5, 0.6) is 0 Å². The second-order valence-corrected chi connectivity index (χ2v) is 4.26. The Labute approximate surface area is 93.2 Å². The summed E-state index contributed by atoms with van der Waals surface area (Å²) in [6, 6.07) is 11.2. The summed E-state index contributed by atoms with van der Waals surface area (Å²) >= 11 is 0. The number of hydrogen-bond acceptors (Lipinski definition) is 1. The van der Waals surface area contributed by atoms with Crippen molar-refractivity contribution < 1.29 is 0 Å². The normalized spacial score (nSPS) is 12.4. The van der Waals surface area contributed by atoms with E-state index in [-0.39, 0.29) is 0 Å². The Morgan fingerprint density at radius 2 is 2.00 bits per heavy atom. The average Bonchev–Trinajstić information content (AvgIpc) is 2.25. The van der Waals surface area contributed by atoms with Crippen LogP contribution in [0.2, 0.25) is 0 Å². The van der Waals surface area contributed by atoms with E-state index in [0.717, 1.165) is 13.0 Å². The molecule has 1 N–H and O–H groups in total. The van der Waals surface area contributed by atoms with Crippen molar-refractivity contribution in [1.82, 2.24) is 5.32 Å². The zero-order chi connectivity index (χ0) is 11.1. The first-order valence-electron chi connectivity index (χ1n) is 5.60. The third-order valence-electron chi connectivity index (χ3n) is 2.46. The largest absolute Gasteiger partial charge is 0.311 e. The van der Waals surface area contributed by atoms with E-state index in [1.54, 1.807) is 0 Å². The van der Waals surface area contributed by atoms with Crippen LogP contribution in [0.3, 0.4) is 0 Å². The zero-order valence-electron chi connectivity index (χ0n) is 9.79. The summed E-state index contributed by atoms with van der Waals surface area (Å²) in [7, 11) is 0. The molecule has 0 saturated carbocycles. The summed E-state index contributed by atoms with van der Waals surface area (Å²) in [5.74, 6) is 0. The number of rotatable bonds is 6. The molecular formula is C14H21N. The summed E-state index contributed by atoms with van der Waals surface area (Å²) in [6.07, 6.45) is 2.32. The van der Waals surface area contributed by atoms with E-state index in [0.29, 0.717) is 6.04 Å². The van der Waals surface area contributed by atoms with Crippen molar-refractivity contribution in [1.29, 1.82) is 0 Å². The van der Waals surface area contributed by atoms with Crippen LogP contribution in [-0.2, 0) is 6.42 Å². The lowest BCUT2D eigenvalue weighted by molar-refractivity contribution is 0.537. The molecule has 0 saturated heterocycles. The van der Waals surface area contributed by atoms with Crippen LogP contribution in [0.4, 0.5) is 0 Å². The Hall–Kier alpha value is -1.08. The predicted octanol–water partition coefficient (Wildman–Crippen LogP) is 3.17. The van der Waals surface area contributed by atoms with Crippen molar-refractivity contribution in [2.45, 2.75) is 32.7 Å². The van der Waals surface area contributed by atoms with E-state index in [9.17, 15) is 0 Å². The molecular weight excluding hydrogens is 182 g/mol. The number of hydrogen-bond donors (Lipinski definition) is 1. The molecule has 1 atom stereocenters. The van der Waals surface area contributed by atoms with Gasteiger partial charge in [0.15, 0.2) is 0 Å². The predicted molar refractivity (Wildman–Crippen MR) is 67.0 cm³/mol. The van der Waals surface area contributed by atoms with Crippen LogP contribution >= 0.6 is 0 Å². The van der Waals surface area contributed by atoms with Crippen LogP contribution in [0.15, 0.2) is 42.5 Å². The monoisotopic (exact) mass is 203 g/mol. The minimum atomic E-state index is 0.557. The highest BCUT2D eigenvalue weighted by atomic mass is 14.9. The Balaban J connectivity index is 2.22. The minimum Gasteiger partial charge on any atom is -0.311 e. The van der Waals surface area contributed by atoms with E-state index >= 15 is 0 Å². The first-order chi connectivity index (χ1) is 7.18. The van der Waals surface area contributed by atoms with Gasteiger partial charge in [-0.1, -0.05) is 42.5 Å². The Bertz CT molecular complexity index is 289. The standard InChI is InChI=1S/C14H21N/c1-12(2)11-15-13(3)9-10-14-7-5-4-6-8-14/h4-8,13,15H,1,9-11H2,2-3H3. The maximum atomic E-state index is 3.88. The van der Waals surface area contributed by atoms with Crippen molar-refractivity contribution in [3.8, 4) is 0 Å². The third kappa shape index (κ3) is 5.38. The van der Waals surface area contributed by atoms with E-state index in [1.165, 1.54) is 17.6 Å². The molecule has 1 heteroatoms. The van der Waals surface area contributed by atoms with Crippen LogP contribution in [0, 0.1) is 0 Å². The van der Waals surface area contributed by atoms with Crippen LogP contribution in [-0.4, -0.2) is 12.6 Å². The molecule has 0 fully saturated rings. The molecule has 0 amide bonds. The maximum absolute atomic E-state index is 3.88. The molecule has 0 aromatic heterocycles. The maximum Gasteiger partial charge on any atom is 0.0161 e. The lowest BCUT2D eigenvalue weighted by atomic mass is 10.1. The van der Waals surface area contributed by atoms with E-state index in [2.05, 4.69) is 56.1 Å². The Morgan fingerprint density at radius 3 is 2.60 bits per heavy atom. The molecule has 1 aromatic rings. The minimum absolute atomic E-state index is 0.557. The summed E-state index contributed by atoms with van der Waals surface area (Å²) in [5.41, 5.74) is 2.61. The molecule has 1 unspecified atom stereocenters. The lowest BCUT2D eigenvalue weighted by Gasteiger charge is -2.13. The van der Waals surface area contributed by atoms with Gasteiger partial charge in [0.1, 0.15) is 0 Å². The smallest absolute Gasteiger partial charge is 0.0161 e. The fraction of sp³-hybridized carbons (Fsp3) is 0.429. The fourth-order valence-electron chi connectivity index (χ4n) is 1.48. The van der Waals surface area contributed by atoms with Gasteiger partial charge in [0.2, 0.25) is 0 Å². The van der Waals surface area contributed by atoms with Gasteiger partial charge in [0, 0.05) is 12.6 Å². The van der Waals surface area contributed by atoms with Gasteiger partial charge in [0.05, 0.1) is 0 Å². The molecule has 0 spiro atoms. The van der Waals surface area contributed by atoms with Gasteiger partial charge in [-0.05, 0) is 32.3 Å². The van der Waals surface area contributed by atoms with Crippen LogP contribution in [0.1, 0.15) is 25.8 Å². The molecule has 82 valence electrons. The van der Waals surface area contributed by atoms with Crippen molar-refractivity contribution in [2.24, 2.45) is 0 Å². The molecule has 1 rings (SSSR count). The summed E-state index contributed by atoms with van der Waals surface area (Å²) < 4.78 is 0. The molecule has 1 aromatic carbocycles. The average molecular weight is 203 g/mol. The van der Waals surface area contributed by atoms with Gasteiger partial charge in [-0.3, -0.25) is 0 Å². The summed E-state index contributed by atoms with van der Waals surface area (Å²) in [4.78, 5) is 0. The van der Waals surface area contributed by atoms with Gasteiger partial charge in [-0.25, -0.2) is 0 Å². The topological polar surface area (TPSA) is 12.0 Å². The third-order valence-corrected chi connectivity index (χ3v) is 2.46. The highest BCUT2D eigenvalue weighted by molar-refractivity contribution is 5.14. The van der Waals surface area contributed by atoms with Crippen molar-refractivity contribution in [2.75, 3.05) is 6.54 Å². The summed E-state index contributed by atoms with van der Waals surface area (Å²) in [5, 5.41) is 3.45. The highest BCUT2D eigenvalue weighted by Gasteiger charge is 2.01. The number of nitrogens with one attached hydrogen (secondary N) is 1. The second kappa shape index (κ2) is 6.41. The molecule has 15 heavy (non-hydrogen) atoms. The molecule has 0 radical (unpaired) electrons. The number of benzene rings is 1. The van der Waals surface area contributed by atoms with Gasteiger partial charge in [0.25, 0.3) is 0 Å². The molecule has 1 nitrogen and oxygen atoms in total. The van der Waals surface area contributed by atoms with Gasteiger partial charge >= 0.3 is 0 Å². The van der Waals surface area contributed by atoms with E-state index < -0.39 is 0 Å². The van der Waals surface area contributed by atoms with E-state index in [4.69, 9.17) is 0 Å². The first-order valence-corrected chi connectivity index (χ1v) is 5.60. The van der Waals surface area contributed by atoms with Gasteiger partial charge < -0.3 is 5.32 Å². The second-order valence-electron chi connectivity index (χ2n) is 4.26. The van der Waals surface area contributed by atoms with Crippen molar-refractivity contribution >= 4 is 0 Å². The van der Waals surface area contributed by atoms with Crippen molar-refractivity contribution in [3.05, 3.63) is 48.0 Å². The molecule has 0 aliphatic heterocycles. The lowest BCUT2D eigenvalue weighted by Crippen LogP contribution is -2.27. The molecule has 0 bridgehead atoms. The van der Waals surface area contributed by atoms with Gasteiger partial charge in [-0.2, -0.15) is 0 Å².